The van der Waals surface area contributed by atoms with Gasteiger partial charge in [0.1, 0.15) is 0 Å². The van der Waals surface area contributed by atoms with Gasteiger partial charge in [0.15, 0.2) is 0 Å². The largest absolute Gasteiger partial charge is 0.393 e. The third kappa shape index (κ3) is 2.35. The van der Waals surface area contributed by atoms with Crippen LogP contribution in [0.15, 0.2) is 18.2 Å². The zero-order valence-corrected chi connectivity index (χ0v) is 11.8. The normalized spacial score (nSPS) is 31.6. The summed E-state index contributed by atoms with van der Waals surface area (Å²) in [6.07, 6.45) is 1.42. The first-order chi connectivity index (χ1) is 9.06. The number of hydrogen-bond donors (Lipinski definition) is 2. The zero-order chi connectivity index (χ0) is 13.6. The Morgan fingerprint density at radius 2 is 2.11 bits per heavy atom. The maximum atomic E-state index is 9.96. The lowest BCUT2D eigenvalue weighted by atomic mass is 10.00. The van der Waals surface area contributed by atoms with Gasteiger partial charge in [-0.15, -0.1) is 0 Å². The average Bonchev–Trinajstić information content (AvgIpc) is 2.92. The Morgan fingerprint density at radius 3 is 2.74 bits per heavy atom. The van der Waals surface area contributed by atoms with Crippen molar-refractivity contribution in [2.24, 2.45) is 11.8 Å². The molecule has 1 saturated heterocycles. The molecule has 2 fully saturated rings. The van der Waals surface area contributed by atoms with Gasteiger partial charge in [-0.3, -0.25) is 0 Å². The van der Waals surface area contributed by atoms with E-state index in [0.717, 1.165) is 37.2 Å². The number of nitrogens with zero attached hydrogens (tertiary/aromatic N) is 1. The van der Waals surface area contributed by atoms with Crippen LogP contribution < -0.4 is 4.90 Å². The molecule has 104 valence electrons. The van der Waals surface area contributed by atoms with Crippen molar-refractivity contribution in [2.75, 3.05) is 18.0 Å². The minimum Gasteiger partial charge on any atom is -0.393 e. The van der Waals surface area contributed by atoms with Gasteiger partial charge in [0, 0.05) is 19.0 Å². The summed E-state index contributed by atoms with van der Waals surface area (Å²) in [6.45, 7) is 3.61. The van der Waals surface area contributed by atoms with Crippen LogP contribution in [0.4, 0.5) is 5.69 Å². The zero-order valence-electron chi connectivity index (χ0n) is 11.1. The van der Waals surface area contributed by atoms with E-state index < -0.39 is 6.10 Å². The summed E-state index contributed by atoms with van der Waals surface area (Å²) in [5.74, 6) is 0.995. The van der Waals surface area contributed by atoms with Crippen molar-refractivity contribution >= 4 is 17.3 Å². The molecule has 0 radical (unpaired) electrons. The van der Waals surface area contributed by atoms with E-state index in [9.17, 15) is 10.2 Å². The summed E-state index contributed by atoms with van der Waals surface area (Å²) in [5.41, 5.74) is 1.86. The Morgan fingerprint density at radius 1 is 1.32 bits per heavy atom. The van der Waals surface area contributed by atoms with E-state index in [-0.39, 0.29) is 6.10 Å². The molecule has 1 aliphatic heterocycles. The standard InChI is InChI=1S/C15H20ClNO2/c1-9(18)10-2-4-14(13(16)6-10)17-7-11-3-5-15(19)12(11)8-17/h2,4,6,9,11-12,15,18-19H,3,5,7-8H2,1H3. The fourth-order valence-corrected chi connectivity index (χ4v) is 3.78. The second-order valence-corrected chi connectivity index (χ2v) is 6.27. The molecule has 3 rings (SSSR count). The van der Waals surface area contributed by atoms with Crippen LogP contribution in [0.1, 0.15) is 31.4 Å². The lowest BCUT2D eigenvalue weighted by molar-refractivity contribution is 0.133. The fraction of sp³-hybridized carbons (Fsp3) is 0.600. The molecule has 4 unspecified atom stereocenters. The molecule has 4 heteroatoms. The predicted molar refractivity (Wildman–Crippen MR) is 76.5 cm³/mol. The molecule has 1 aromatic rings. The van der Waals surface area contributed by atoms with Crippen LogP contribution >= 0.6 is 11.6 Å². The van der Waals surface area contributed by atoms with E-state index >= 15 is 0 Å². The molecule has 0 bridgehead atoms. The molecule has 1 aliphatic carbocycles. The molecular formula is C15H20ClNO2. The van der Waals surface area contributed by atoms with Gasteiger partial charge in [-0.25, -0.2) is 0 Å². The van der Waals surface area contributed by atoms with Crippen molar-refractivity contribution in [3.05, 3.63) is 28.8 Å². The molecule has 0 aromatic heterocycles. The summed E-state index contributed by atoms with van der Waals surface area (Å²) in [4.78, 5) is 2.27. The van der Waals surface area contributed by atoms with Crippen LogP contribution in [-0.4, -0.2) is 29.4 Å². The third-order valence-electron chi connectivity index (χ3n) is 4.61. The highest BCUT2D eigenvalue weighted by Gasteiger charge is 2.42. The SMILES string of the molecule is CC(O)c1ccc(N2CC3CCC(O)C3C2)c(Cl)c1. The lowest BCUT2D eigenvalue weighted by Crippen LogP contribution is -2.24. The molecule has 19 heavy (non-hydrogen) atoms. The molecule has 2 aliphatic rings. The summed E-state index contributed by atoms with van der Waals surface area (Å²) in [6, 6.07) is 5.75. The van der Waals surface area contributed by atoms with Gasteiger partial charge in [-0.05, 0) is 43.4 Å². The van der Waals surface area contributed by atoms with E-state index in [4.69, 9.17) is 11.6 Å². The molecule has 0 spiro atoms. The Hall–Kier alpha value is -0.770. The van der Waals surface area contributed by atoms with Crippen LogP contribution in [0.25, 0.3) is 0 Å². The third-order valence-corrected chi connectivity index (χ3v) is 4.92. The molecule has 1 aromatic carbocycles. The van der Waals surface area contributed by atoms with Gasteiger partial charge in [-0.1, -0.05) is 17.7 Å². The van der Waals surface area contributed by atoms with E-state index in [1.165, 1.54) is 0 Å². The first-order valence-corrected chi connectivity index (χ1v) is 7.34. The second-order valence-electron chi connectivity index (χ2n) is 5.86. The Kier molecular flexibility index (Phi) is 3.46. The summed E-state index contributed by atoms with van der Waals surface area (Å²) >= 11 is 6.33. The summed E-state index contributed by atoms with van der Waals surface area (Å²) in [7, 11) is 0. The number of halogens is 1. The van der Waals surface area contributed by atoms with Gasteiger partial charge in [-0.2, -0.15) is 0 Å². The number of rotatable bonds is 2. The van der Waals surface area contributed by atoms with Crippen molar-refractivity contribution in [3.63, 3.8) is 0 Å². The molecule has 4 atom stereocenters. The maximum absolute atomic E-state index is 9.96. The molecule has 3 nitrogen and oxygen atoms in total. The minimum atomic E-state index is -0.494. The summed E-state index contributed by atoms with van der Waals surface area (Å²) in [5, 5.41) is 20.2. The molecule has 1 saturated carbocycles. The van der Waals surface area contributed by atoms with Crippen LogP contribution in [0, 0.1) is 11.8 Å². The predicted octanol–water partition coefficient (Wildman–Crippen LogP) is 2.60. The number of aliphatic hydroxyl groups is 2. The van der Waals surface area contributed by atoms with Gasteiger partial charge in [0.25, 0.3) is 0 Å². The lowest BCUT2D eigenvalue weighted by Gasteiger charge is -2.22. The van der Waals surface area contributed by atoms with Crippen molar-refractivity contribution in [1.82, 2.24) is 0 Å². The topological polar surface area (TPSA) is 43.7 Å². The first-order valence-electron chi connectivity index (χ1n) is 6.97. The Bertz CT molecular complexity index is 477. The molecular weight excluding hydrogens is 262 g/mol. The van der Waals surface area contributed by atoms with Crippen LogP contribution in [0.3, 0.4) is 0 Å². The summed E-state index contributed by atoms with van der Waals surface area (Å²) < 4.78 is 0. The van der Waals surface area contributed by atoms with Crippen LogP contribution in [0.5, 0.6) is 0 Å². The quantitative estimate of drug-likeness (QED) is 0.876. The van der Waals surface area contributed by atoms with Gasteiger partial charge in [0.05, 0.1) is 22.9 Å². The van der Waals surface area contributed by atoms with Crippen molar-refractivity contribution < 1.29 is 10.2 Å². The van der Waals surface area contributed by atoms with E-state index in [1.807, 2.05) is 18.2 Å². The Labute approximate surface area is 118 Å². The van der Waals surface area contributed by atoms with Gasteiger partial charge in [0.2, 0.25) is 0 Å². The van der Waals surface area contributed by atoms with E-state index in [0.29, 0.717) is 16.9 Å². The van der Waals surface area contributed by atoms with E-state index in [1.54, 1.807) is 6.92 Å². The van der Waals surface area contributed by atoms with Crippen molar-refractivity contribution in [3.8, 4) is 0 Å². The number of anilines is 1. The number of hydrogen-bond acceptors (Lipinski definition) is 3. The smallest absolute Gasteiger partial charge is 0.0762 e. The monoisotopic (exact) mass is 281 g/mol. The first kappa shape index (κ1) is 13.2. The average molecular weight is 282 g/mol. The van der Waals surface area contributed by atoms with Crippen LogP contribution in [-0.2, 0) is 0 Å². The highest BCUT2D eigenvalue weighted by molar-refractivity contribution is 6.33. The number of fused-ring (bicyclic) bond motifs is 1. The van der Waals surface area contributed by atoms with Gasteiger partial charge < -0.3 is 15.1 Å². The van der Waals surface area contributed by atoms with Crippen molar-refractivity contribution in [1.29, 1.82) is 0 Å². The van der Waals surface area contributed by atoms with E-state index in [2.05, 4.69) is 4.90 Å². The molecule has 0 amide bonds. The highest BCUT2D eigenvalue weighted by Crippen LogP contribution is 2.41. The highest BCUT2D eigenvalue weighted by atomic mass is 35.5. The minimum absolute atomic E-state index is 0.148. The maximum Gasteiger partial charge on any atom is 0.0762 e. The number of aliphatic hydroxyl groups excluding tert-OH is 2. The second kappa shape index (κ2) is 4.97. The molecule has 1 heterocycles. The van der Waals surface area contributed by atoms with Gasteiger partial charge >= 0.3 is 0 Å². The Balaban J connectivity index is 1.80. The fourth-order valence-electron chi connectivity index (χ4n) is 3.47. The molecule has 2 N–H and O–H groups in total. The number of benzene rings is 1. The van der Waals surface area contributed by atoms with Crippen LogP contribution in [0.2, 0.25) is 5.02 Å². The van der Waals surface area contributed by atoms with Crippen molar-refractivity contribution in [2.45, 2.75) is 32.0 Å².